The van der Waals surface area contributed by atoms with Crippen LogP contribution in [0.1, 0.15) is 15.9 Å². The Bertz CT molecular complexity index is 643. The highest BCUT2D eigenvalue weighted by Gasteiger charge is 2.06. The Kier molecular flexibility index (Phi) is 4.12. The maximum Gasteiger partial charge on any atom is 0.335 e. The molecule has 0 aliphatic carbocycles. The predicted octanol–water partition coefficient (Wildman–Crippen LogP) is 4.85. The van der Waals surface area contributed by atoms with Crippen molar-refractivity contribution in [3.8, 4) is 0 Å². The van der Waals surface area contributed by atoms with Gasteiger partial charge in [0.15, 0.2) is 0 Å². The number of aryl methyl sites for hydroxylation is 1. The topological polar surface area (TPSA) is 49.3 Å². The van der Waals surface area contributed by atoms with Crippen molar-refractivity contribution in [2.75, 3.05) is 5.32 Å². The van der Waals surface area contributed by atoms with E-state index in [0.717, 1.165) is 21.4 Å². The summed E-state index contributed by atoms with van der Waals surface area (Å²) in [6, 6.07) is 10.5. The van der Waals surface area contributed by atoms with Crippen LogP contribution in [0, 0.1) is 6.92 Å². The number of nitrogens with one attached hydrogen (secondary N) is 1. The fourth-order valence-electron chi connectivity index (χ4n) is 1.67. The van der Waals surface area contributed by atoms with Crippen LogP contribution in [-0.4, -0.2) is 11.1 Å². The molecule has 0 saturated heterocycles. The van der Waals surface area contributed by atoms with Crippen LogP contribution in [0.3, 0.4) is 0 Å². The number of carbonyl (C=O) groups is 1. The van der Waals surface area contributed by atoms with Crippen LogP contribution in [0.25, 0.3) is 0 Å². The van der Waals surface area contributed by atoms with Gasteiger partial charge in [-0.1, -0.05) is 11.6 Å². The summed E-state index contributed by atoms with van der Waals surface area (Å²) in [5.74, 6) is -0.927. The van der Waals surface area contributed by atoms with Gasteiger partial charge < -0.3 is 10.4 Å². The number of rotatable bonds is 3. The number of aromatic carboxylic acids is 1. The highest BCUT2D eigenvalue weighted by Crippen LogP contribution is 2.28. The number of carboxylic acids is 1. The number of benzene rings is 2. The van der Waals surface area contributed by atoms with Gasteiger partial charge in [-0.25, -0.2) is 4.79 Å². The molecule has 0 saturated carbocycles. The third-order valence-electron chi connectivity index (χ3n) is 2.67. The zero-order chi connectivity index (χ0) is 14.0. The van der Waals surface area contributed by atoms with E-state index in [2.05, 4.69) is 21.2 Å². The molecule has 0 atom stereocenters. The molecule has 0 bridgehead atoms. The van der Waals surface area contributed by atoms with E-state index in [1.54, 1.807) is 24.3 Å². The van der Waals surface area contributed by atoms with Crippen molar-refractivity contribution >= 4 is 44.9 Å². The molecule has 0 spiro atoms. The van der Waals surface area contributed by atoms with Gasteiger partial charge in [0, 0.05) is 15.8 Å². The molecule has 0 radical (unpaired) electrons. The number of anilines is 2. The van der Waals surface area contributed by atoms with Gasteiger partial charge in [-0.15, -0.1) is 0 Å². The molecule has 3 nitrogen and oxygen atoms in total. The molecule has 0 aliphatic rings. The van der Waals surface area contributed by atoms with Crippen molar-refractivity contribution in [3.05, 3.63) is 57.0 Å². The van der Waals surface area contributed by atoms with Crippen LogP contribution < -0.4 is 5.32 Å². The van der Waals surface area contributed by atoms with E-state index in [9.17, 15) is 4.79 Å². The fourth-order valence-corrected chi connectivity index (χ4v) is 2.16. The summed E-state index contributed by atoms with van der Waals surface area (Å²) in [7, 11) is 0. The second-order valence-electron chi connectivity index (χ2n) is 4.09. The standard InChI is InChI=1S/C14H11BrClNO2/c1-8-6-9(14(18)19)2-5-13(8)17-10-3-4-12(16)11(15)7-10/h2-7,17H,1H3,(H,18,19). The molecule has 19 heavy (non-hydrogen) atoms. The van der Waals surface area contributed by atoms with Gasteiger partial charge in [0.05, 0.1) is 10.6 Å². The first-order valence-electron chi connectivity index (χ1n) is 5.53. The van der Waals surface area contributed by atoms with Gasteiger partial charge in [-0.3, -0.25) is 0 Å². The van der Waals surface area contributed by atoms with Gasteiger partial charge in [0.2, 0.25) is 0 Å². The van der Waals surface area contributed by atoms with Gasteiger partial charge in [0.25, 0.3) is 0 Å². The fraction of sp³-hybridized carbons (Fsp3) is 0.0714. The minimum atomic E-state index is -0.927. The lowest BCUT2D eigenvalue weighted by Crippen LogP contribution is -1.99. The van der Waals surface area contributed by atoms with Gasteiger partial charge in [-0.2, -0.15) is 0 Å². The zero-order valence-corrected chi connectivity index (χ0v) is 12.4. The Hall–Kier alpha value is -1.52. The molecule has 2 aromatic rings. The van der Waals surface area contributed by atoms with E-state index in [1.165, 1.54) is 0 Å². The van der Waals surface area contributed by atoms with Gasteiger partial charge in [-0.05, 0) is 64.8 Å². The van der Waals surface area contributed by atoms with Crippen LogP contribution >= 0.6 is 27.5 Å². The first kappa shape index (κ1) is 13.9. The average Bonchev–Trinajstić information content (AvgIpc) is 2.36. The number of hydrogen-bond donors (Lipinski definition) is 2. The van der Waals surface area contributed by atoms with E-state index in [0.29, 0.717) is 5.02 Å². The summed E-state index contributed by atoms with van der Waals surface area (Å²) in [5.41, 5.74) is 2.88. The molecule has 0 fully saturated rings. The second kappa shape index (κ2) is 5.63. The molecule has 5 heteroatoms. The summed E-state index contributed by atoms with van der Waals surface area (Å²) < 4.78 is 0.805. The van der Waals surface area contributed by atoms with E-state index in [1.807, 2.05) is 19.1 Å². The third-order valence-corrected chi connectivity index (χ3v) is 3.89. The Balaban J connectivity index is 2.28. The number of hydrogen-bond acceptors (Lipinski definition) is 2. The lowest BCUT2D eigenvalue weighted by Gasteiger charge is -2.11. The van der Waals surface area contributed by atoms with E-state index in [-0.39, 0.29) is 5.56 Å². The zero-order valence-electron chi connectivity index (χ0n) is 10.1. The number of halogens is 2. The Morgan fingerprint density at radius 3 is 2.58 bits per heavy atom. The lowest BCUT2D eigenvalue weighted by molar-refractivity contribution is 0.0697. The van der Waals surface area contributed by atoms with Crippen LogP contribution in [0.15, 0.2) is 40.9 Å². The molecule has 2 rings (SSSR count). The maximum atomic E-state index is 10.9. The Labute approximate surface area is 124 Å². The van der Waals surface area contributed by atoms with E-state index in [4.69, 9.17) is 16.7 Å². The first-order chi connectivity index (χ1) is 8.97. The summed E-state index contributed by atoms with van der Waals surface area (Å²) in [4.78, 5) is 10.9. The van der Waals surface area contributed by atoms with E-state index < -0.39 is 5.97 Å². The molecular formula is C14H11BrClNO2. The van der Waals surface area contributed by atoms with Crippen molar-refractivity contribution < 1.29 is 9.90 Å². The summed E-state index contributed by atoms with van der Waals surface area (Å²) in [6.07, 6.45) is 0. The molecule has 0 aromatic heterocycles. The Morgan fingerprint density at radius 1 is 1.26 bits per heavy atom. The molecule has 0 amide bonds. The molecule has 0 aliphatic heterocycles. The molecule has 2 N–H and O–H groups in total. The normalized spacial score (nSPS) is 10.3. The first-order valence-corrected chi connectivity index (χ1v) is 6.70. The smallest absolute Gasteiger partial charge is 0.335 e. The van der Waals surface area contributed by atoms with E-state index >= 15 is 0 Å². The highest BCUT2D eigenvalue weighted by molar-refractivity contribution is 9.10. The second-order valence-corrected chi connectivity index (χ2v) is 5.35. The Morgan fingerprint density at radius 2 is 2.00 bits per heavy atom. The largest absolute Gasteiger partial charge is 0.478 e. The summed E-state index contributed by atoms with van der Waals surface area (Å²) in [5, 5.41) is 12.8. The minimum absolute atomic E-state index is 0.278. The maximum absolute atomic E-state index is 10.9. The van der Waals surface area contributed by atoms with Crippen LogP contribution in [0.2, 0.25) is 5.02 Å². The minimum Gasteiger partial charge on any atom is -0.478 e. The highest BCUT2D eigenvalue weighted by atomic mass is 79.9. The molecule has 98 valence electrons. The van der Waals surface area contributed by atoms with Crippen LogP contribution in [0.4, 0.5) is 11.4 Å². The van der Waals surface area contributed by atoms with Crippen molar-refractivity contribution in [2.24, 2.45) is 0 Å². The van der Waals surface area contributed by atoms with Crippen molar-refractivity contribution in [2.45, 2.75) is 6.92 Å². The molecular weight excluding hydrogens is 330 g/mol. The quantitative estimate of drug-likeness (QED) is 0.839. The van der Waals surface area contributed by atoms with Crippen molar-refractivity contribution in [1.82, 2.24) is 0 Å². The lowest BCUT2D eigenvalue weighted by atomic mass is 10.1. The van der Waals surface area contributed by atoms with Gasteiger partial charge >= 0.3 is 5.97 Å². The molecule has 2 aromatic carbocycles. The predicted molar refractivity (Wildman–Crippen MR) is 80.6 cm³/mol. The summed E-state index contributed by atoms with van der Waals surface area (Å²) in [6.45, 7) is 1.86. The van der Waals surface area contributed by atoms with Crippen molar-refractivity contribution in [3.63, 3.8) is 0 Å². The third kappa shape index (κ3) is 3.28. The SMILES string of the molecule is Cc1cc(C(=O)O)ccc1Nc1ccc(Cl)c(Br)c1. The average molecular weight is 341 g/mol. The summed E-state index contributed by atoms with van der Waals surface area (Å²) >= 11 is 9.29. The van der Waals surface area contributed by atoms with Crippen LogP contribution in [-0.2, 0) is 0 Å². The molecule has 0 unspecified atom stereocenters. The van der Waals surface area contributed by atoms with Gasteiger partial charge in [0.1, 0.15) is 0 Å². The molecule has 0 heterocycles. The monoisotopic (exact) mass is 339 g/mol. The van der Waals surface area contributed by atoms with Crippen LogP contribution in [0.5, 0.6) is 0 Å². The van der Waals surface area contributed by atoms with Crippen molar-refractivity contribution in [1.29, 1.82) is 0 Å². The number of carboxylic acid groups (broad SMARTS) is 1.